The van der Waals surface area contributed by atoms with Gasteiger partial charge in [0.15, 0.2) is 0 Å². The van der Waals surface area contributed by atoms with E-state index >= 15 is 0 Å². The second kappa shape index (κ2) is 8.08. The first-order chi connectivity index (χ1) is 11.5. The maximum atomic E-state index is 12.1. The molecule has 5 heteroatoms. The zero-order valence-electron chi connectivity index (χ0n) is 13.4. The van der Waals surface area contributed by atoms with E-state index in [0.717, 1.165) is 0 Å². The molecule has 0 spiro atoms. The van der Waals surface area contributed by atoms with Gasteiger partial charge in [0.2, 0.25) is 0 Å². The number of benzene rings is 2. The van der Waals surface area contributed by atoms with E-state index in [1.807, 2.05) is 6.07 Å². The highest BCUT2D eigenvalue weighted by atomic mass is 16.3. The Hall–Kier alpha value is -2.92. The molecule has 5 nitrogen and oxygen atoms in total. The summed E-state index contributed by atoms with van der Waals surface area (Å²) in [5.41, 5.74) is 0.912. The van der Waals surface area contributed by atoms with E-state index < -0.39 is 12.0 Å². The molecule has 0 fully saturated rings. The molecule has 124 valence electrons. The van der Waals surface area contributed by atoms with Crippen molar-refractivity contribution in [2.24, 2.45) is 0 Å². The van der Waals surface area contributed by atoms with Gasteiger partial charge in [-0.05, 0) is 5.56 Å². The Labute approximate surface area is 140 Å². The van der Waals surface area contributed by atoms with Crippen LogP contribution in [0.25, 0.3) is 0 Å². The summed E-state index contributed by atoms with van der Waals surface area (Å²) in [7, 11) is 1.43. The minimum absolute atomic E-state index is 0.0901. The zero-order valence-corrected chi connectivity index (χ0v) is 13.4. The third kappa shape index (κ3) is 4.08. The molecule has 4 N–H and O–H groups in total. The highest BCUT2D eigenvalue weighted by Gasteiger charge is 2.22. The van der Waals surface area contributed by atoms with Crippen LogP contribution in [0.5, 0.6) is 0 Å². The van der Waals surface area contributed by atoms with E-state index in [1.165, 1.54) is 7.05 Å². The summed E-state index contributed by atoms with van der Waals surface area (Å²) in [5, 5.41) is 31.3. The molecule has 0 aliphatic carbocycles. The first-order valence-electron chi connectivity index (χ1n) is 7.56. The molecule has 0 bridgehead atoms. The molecule has 2 aromatic carbocycles. The van der Waals surface area contributed by atoms with Gasteiger partial charge < -0.3 is 15.5 Å². The molecule has 1 amide bonds. The molecule has 0 aromatic heterocycles. The van der Waals surface area contributed by atoms with Crippen molar-refractivity contribution in [3.05, 3.63) is 83.1 Å². The lowest BCUT2D eigenvalue weighted by Gasteiger charge is -2.15. The minimum Gasteiger partial charge on any atom is -0.511 e. The quantitative estimate of drug-likeness (QED) is 0.374. The van der Waals surface area contributed by atoms with Gasteiger partial charge in [-0.3, -0.25) is 10.2 Å². The summed E-state index contributed by atoms with van der Waals surface area (Å²) in [6.07, 6.45) is -1.11. The molecule has 1 atom stereocenters. The number of nitrogens with one attached hydrogen (secondary N) is 2. The average molecular weight is 324 g/mol. The first kappa shape index (κ1) is 17.4. The molecule has 2 aromatic rings. The van der Waals surface area contributed by atoms with Crippen LogP contribution in [-0.2, 0) is 4.79 Å². The monoisotopic (exact) mass is 324 g/mol. The summed E-state index contributed by atoms with van der Waals surface area (Å²) >= 11 is 0. The number of carbonyl (C=O) groups excluding carboxylic acids is 1. The highest BCUT2D eigenvalue weighted by Crippen LogP contribution is 2.23. The van der Waals surface area contributed by atoms with Gasteiger partial charge >= 0.3 is 0 Å². The number of amides is 1. The summed E-state index contributed by atoms with van der Waals surface area (Å²) in [6.45, 7) is 0. The van der Waals surface area contributed by atoms with Crippen molar-refractivity contribution < 1.29 is 15.0 Å². The third-order valence-corrected chi connectivity index (χ3v) is 3.63. The molecule has 0 aliphatic rings. The normalized spacial score (nSPS) is 12.9. The van der Waals surface area contributed by atoms with Gasteiger partial charge in [0.25, 0.3) is 5.91 Å². The van der Waals surface area contributed by atoms with Crippen molar-refractivity contribution in [2.45, 2.75) is 12.5 Å². The Morgan fingerprint density at radius 1 is 1.08 bits per heavy atom. The van der Waals surface area contributed by atoms with Crippen LogP contribution in [0.15, 0.2) is 72.0 Å². The number of carbonyl (C=O) groups is 1. The van der Waals surface area contributed by atoms with Crippen LogP contribution in [0.1, 0.15) is 23.7 Å². The lowest BCUT2D eigenvalue weighted by molar-refractivity contribution is -0.116. The van der Waals surface area contributed by atoms with Gasteiger partial charge in [0, 0.05) is 19.0 Å². The fourth-order valence-corrected chi connectivity index (χ4v) is 2.34. The maximum absolute atomic E-state index is 12.1. The molecule has 1 unspecified atom stereocenters. The fourth-order valence-electron chi connectivity index (χ4n) is 2.34. The second-order valence-corrected chi connectivity index (χ2v) is 5.27. The van der Waals surface area contributed by atoms with Crippen molar-refractivity contribution in [3.63, 3.8) is 0 Å². The number of hydrogen-bond donors (Lipinski definition) is 4. The Bertz CT molecular complexity index is 740. The van der Waals surface area contributed by atoms with Crippen LogP contribution < -0.4 is 5.32 Å². The van der Waals surface area contributed by atoms with Crippen LogP contribution in [-0.4, -0.2) is 28.9 Å². The molecule has 0 saturated carbocycles. The number of aliphatic hydroxyl groups excluding tert-OH is 2. The number of rotatable bonds is 6. The van der Waals surface area contributed by atoms with Crippen LogP contribution in [0.4, 0.5) is 0 Å². The predicted octanol–water partition coefficient (Wildman–Crippen LogP) is 2.74. The number of likely N-dealkylation sites (N-methyl/N-ethyl adjacent to an activating group) is 1. The van der Waals surface area contributed by atoms with Crippen molar-refractivity contribution in [3.8, 4) is 0 Å². The van der Waals surface area contributed by atoms with Crippen molar-refractivity contribution in [2.75, 3.05) is 7.05 Å². The van der Waals surface area contributed by atoms with Crippen LogP contribution in [0.3, 0.4) is 0 Å². The SMILES string of the molecule is CNC(=O)/C(C(=N)c1ccccc1)=C(/O)CC(O)c1ccccc1. The summed E-state index contributed by atoms with van der Waals surface area (Å²) in [4.78, 5) is 12.1. The molecule has 24 heavy (non-hydrogen) atoms. The summed E-state index contributed by atoms with van der Waals surface area (Å²) in [5.74, 6) is -0.888. The second-order valence-electron chi connectivity index (χ2n) is 5.27. The molecule has 2 rings (SSSR count). The van der Waals surface area contributed by atoms with Crippen LogP contribution >= 0.6 is 0 Å². The zero-order chi connectivity index (χ0) is 17.5. The molecule has 0 radical (unpaired) electrons. The largest absolute Gasteiger partial charge is 0.511 e. The van der Waals surface area contributed by atoms with Gasteiger partial charge in [-0.15, -0.1) is 0 Å². The Kier molecular flexibility index (Phi) is 5.87. The van der Waals surface area contributed by atoms with Crippen molar-refractivity contribution in [1.82, 2.24) is 5.32 Å². The predicted molar refractivity (Wildman–Crippen MR) is 93.0 cm³/mol. The van der Waals surface area contributed by atoms with Gasteiger partial charge in [0.05, 0.1) is 11.8 Å². The standard InChI is InChI=1S/C19H20N2O3/c1-21-19(24)17(18(20)14-10-6-3-7-11-14)16(23)12-15(22)13-8-4-2-5-9-13/h2-11,15,20,22-23H,12H2,1H3,(H,21,24)/b17-16+,20-18?. The Balaban J connectivity index is 2.33. The van der Waals surface area contributed by atoms with E-state index in [1.54, 1.807) is 54.6 Å². The molecule has 0 aliphatic heterocycles. The Morgan fingerprint density at radius 2 is 1.62 bits per heavy atom. The highest BCUT2D eigenvalue weighted by molar-refractivity contribution is 6.27. The third-order valence-electron chi connectivity index (χ3n) is 3.63. The minimum atomic E-state index is -0.963. The fraction of sp³-hybridized carbons (Fsp3) is 0.158. The van der Waals surface area contributed by atoms with Crippen molar-refractivity contribution in [1.29, 1.82) is 5.41 Å². The van der Waals surface area contributed by atoms with Crippen molar-refractivity contribution >= 4 is 11.6 Å². The Morgan fingerprint density at radius 3 is 2.17 bits per heavy atom. The van der Waals surface area contributed by atoms with Crippen LogP contribution in [0, 0.1) is 5.41 Å². The lowest BCUT2D eigenvalue weighted by atomic mass is 9.97. The van der Waals surface area contributed by atoms with Gasteiger partial charge in [-0.2, -0.15) is 0 Å². The van der Waals surface area contributed by atoms with Gasteiger partial charge in [-0.25, -0.2) is 0 Å². The molecular weight excluding hydrogens is 304 g/mol. The number of aliphatic hydroxyl groups is 2. The smallest absolute Gasteiger partial charge is 0.256 e. The van der Waals surface area contributed by atoms with E-state index in [2.05, 4.69) is 5.32 Å². The topological polar surface area (TPSA) is 93.4 Å². The summed E-state index contributed by atoms with van der Waals surface area (Å²) < 4.78 is 0. The van der Waals surface area contributed by atoms with E-state index in [-0.39, 0.29) is 23.5 Å². The summed E-state index contributed by atoms with van der Waals surface area (Å²) in [6, 6.07) is 17.5. The lowest BCUT2D eigenvalue weighted by Crippen LogP contribution is -2.27. The average Bonchev–Trinajstić information content (AvgIpc) is 2.63. The van der Waals surface area contributed by atoms with E-state index in [4.69, 9.17) is 5.41 Å². The van der Waals surface area contributed by atoms with E-state index in [9.17, 15) is 15.0 Å². The number of hydrogen-bond acceptors (Lipinski definition) is 4. The molecular formula is C19H20N2O3. The van der Waals surface area contributed by atoms with Crippen LogP contribution in [0.2, 0.25) is 0 Å². The molecule has 0 heterocycles. The maximum Gasteiger partial charge on any atom is 0.256 e. The molecule has 0 saturated heterocycles. The van der Waals surface area contributed by atoms with E-state index in [0.29, 0.717) is 11.1 Å². The van der Waals surface area contributed by atoms with Gasteiger partial charge in [0.1, 0.15) is 11.3 Å². The first-order valence-corrected chi connectivity index (χ1v) is 7.56. The van der Waals surface area contributed by atoms with Gasteiger partial charge in [-0.1, -0.05) is 60.7 Å².